The van der Waals surface area contributed by atoms with Crippen molar-refractivity contribution in [3.63, 3.8) is 0 Å². The molecule has 1 aromatic carbocycles. The van der Waals surface area contributed by atoms with Crippen molar-refractivity contribution >= 4 is 29.1 Å². The summed E-state index contributed by atoms with van der Waals surface area (Å²) < 4.78 is 13.8. The number of hydrogen-bond donors (Lipinski definition) is 3. The van der Waals surface area contributed by atoms with Gasteiger partial charge in [-0.05, 0) is 54.9 Å². The van der Waals surface area contributed by atoms with Gasteiger partial charge in [-0.2, -0.15) is 0 Å². The SMILES string of the molecule is CC1CCc2sc(C(=O)NNC(=O)[C@@H](NC(=O)c3ccccc3F)C(C)C)cc2C1. The van der Waals surface area contributed by atoms with E-state index in [2.05, 4.69) is 23.1 Å². The Hall–Kier alpha value is -2.74. The van der Waals surface area contributed by atoms with Gasteiger partial charge < -0.3 is 5.32 Å². The number of aryl methyl sites for hydroxylation is 1. The van der Waals surface area contributed by atoms with E-state index in [4.69, 9.17) is 0 Å². The fourth-order valence-corrected chi connectivity index (χ4v) is 4.58. The summed E-state index contributed by atoms with van der Waals surface area (Å²) in [6.45, 7) is 5.70. The van der Waals surface area contributed by atoms with Gasteiger partial charge in [0.15, 0.2) is 0 Å². The lowest BCUT2D eigenvalue weighted by Gasteiger charge is -2.22. The average molecular weight is 432 g/mol. The Labute approximate surface area is 179 Å². The van der Waals surface area contributed by atoms with Crippen LogP contribution in [0.25, 0.3) is 0 Å². The Morgan fingerprint density at radius 3 is 2.57 bits per heavy atom. The Balaban J connectivity index is 1.61. The second-order valence-corrected chi connectivity index (χ2v) is 9.16. The lowest BCUT2D eigenvalue weighted by molar-refractivity contribution is -0.124. The van der Waals surface area contributed by atoms with Crippen molar-refractivity contribution in [1.82, 2.24) is 16.2 Å². The maximum absolute atomic E-state index is 13.8. The molecule has 8 heteroatoms. The van der Waals surface area contributed by atoms with Crippen LogP contribution in [0.4, 0.5) is 4.39 Å². The first-order valence-corrected chi connectivity index (χ1v) is 10.8. The van der Waals surface area contributed by atoms with E-state index in [1.54, 1.807) is 19.9 Å². The molecule has 3 amide bonds. The molecule has 1 heterocycles. The van der Waals surface area contributed by atoms with Gasteiger partial charge in [-0.25, -0.2) is 4.39 Å². The smallest absolute Gasteiger partial charge is 0.279 e. The largest absolute Gasteiger partial charge is 0.340 e. The van der Waals surface area contributed by atoms with Crippen LogP contribution in [0.15, 0.2) is 30.3 Å². The summed E-state index contributed by atoms with van der Waals surface area (Å²) in [6, 6.07) is 6.51. The van der Waals surface area contributed by atoms with E-state index >= 15 is 0 Å². The molecule has 1 aliphatic rings. The van der Waals surface area contributed by atoms with Crippen molar-refractivity contribution in [2.24, 2.45) is 11.8 Å². The third-order valence-electron chi connectivity index (χ3n) is 5.21. The van der Waals surface area contributed by atoms with Gasteiger partial charge in [0.25, 0.3) is 17.7 Å². The molecule has 0 saturated carbocycles. The molecule has 3 N–H and O–H groups in total. The second-order valence-electron chi connectivity index (χ2n) is 8.03. The molecule has 30 heavy (non-hydrogen) atoms. The molecule has 0 spiro atoms. The van der Waals surface area contributed by atoms with E-state index in [-0.39, 0.29) is 11.5 Å². The highest BCUT2D eigenvalue weighted by molar-refractivity contribution is 7.14. The quantitative estimate of drug-likeness (QED) is 0.635. The average Bonchev–Trinajstić information content (AvgIpc) is 3.13. The number of fused-ring (bicyclic) bond motifs is 1. The number of rotatable bonds is 5. The van der Waals surface area contributed by atoms with Gasteiger partial charge in [0, 0.05) is 4.88 Å². The summed E-state index contributed by atoms with van der Waals surface area (Å²) >= 11 is 1.45. The Bertz CT molecular complexity index is 957. The molecule has 1 aliphatic carbocycles. The van der Waals surface area contributed by atoms with Crippen molar-refractivity contribution in [3.05, 3.63) is 57.0 Å². The highest BCUT2D eigenvalue weighted by atomic mass is 32.1. The van der Waals surface area contributed by atoms with Gasteiger partial charge in [-0.15, -0.1) is 11.3 Å². The van der Waals surface area contributed by atoms with Gasteiger partial charge >= 0.3 is 0 Å². The van der Waals surface area contributed by atoms with Crippen LogP contribution in [-0.2, 0) is 17.6 Å². The predicted octanol–water partition coefficient (Wildman–Crippen LogP) is 3.23. The van der Waals surface area contributed by atoms with Gasteiger partial charge in [-0.3, -0.25) is 25.2 Å². The minimum Gasteiger partial charge on any atom is -0.340 e. The highest BCUT2D eigenvalue weighted by Gasteiger charge is 2.27. The van der Waals surface area contributed by atoms with E-state index in [0.29, 0.717) is 10.8 Å². The zero-order chi connectivity index (χ0) is 21.8. The van der Waals surface area contributed by atoms with Gasteiger partial charge in [-0.1, -0.05) is 32.9 Å². The van der Waals surface area contributed by atoms with Crippen LogP contribution >= 0.6 is 11.3 Å². The van der Waals surface area contributed by atoms with E-state index in [1.807, 2.05) is 6.07 Å². The van der Waals surface area contributed by atoms with Crippen LogP contribution in [0.5, 0.6) is 0 Å². The first-order chi connectivity index (χ1) is 14.3. The normalized spacial score (nSPS) is 16.5. The minimum absolute atomic E-state index is 0.140. The van der Waals surface area contributed by atoms with E-state index in [9.17, 15) is 18.8 Å². The number of amides is 3. The minimum atomic E-state index is -0.935. The summed E-state index contributed by atoms with van der Waals surface area (Å²) in [5.41, 5.74) is 5.87. The maximum atomic E-state index is 13.8. The summed E-state index contributed by atoms with van der Waals surface area (Å²) in [4.78, 5) is 39.2. The zero-order valence-electron chi connectivity index (χ0n) is 17.3. The molecule has 2 atom stereocenters. The van der Waals surface area contributed by atoms with Crippen molar-refractivity contribution in [1.29, 1.82) is 0 Å². The Morgan fingerprint density at radius 1 is 1.13 bits per heavy atom. The van der Waals surface area contributed by atoms with Crippen molar-refractivity contribution in [2.45, 2.75) is 46.1 Å². The summed E-state index contributed by atoms with van der Waals surface area (Å²) in [5.74, 6) is -1.98. The third kappa shape index (κ3) is 5.05. The Kier molecular flexibility index (Phi) is 6.87. The maximum Gasteiger partial charge on any atom is 0.279 e. The van der Waals surface area contributed by atoms with Crippen LogP contribution in [0.3, 0.4) is 0 Å². The molecule has 0 aliphatic heterocycles. The van der Waals surface area contributed by atoms with E-state index < -0.39 is 29.6 Å². The second kappa shape index (κ2) is 9.38. The van der Waals surface area contributed by atoms with Gasteiger partial charge in [0.2, 0.25) is 0 Å². The molecule has 0 radical (unpaired) electrons. The number of nitrogens with one attached hydrogen (secondary N) is 3. The van der Waals surface area contributed by atoms with Crippen LogP contribution < -0.4 is 16.2 Å². The monoisotopic (exact) mass is 431 g/mol. The molecule has 0 saturated heterocycles. The summed E-state index contributed by atoms with van der Waals surface area (Å²) in [5, 5.41) is 2.54. The molecular formula is C22H26FN3O3S. The molecule has 1 unspecified atom stereocenters. The van der Waals surface area contributed by atoms with E-state index in [1.165, 1.54) is 40.0 Å². The fourth-order valence-electron chi connectivity index (χ4n) is 3.47. The molecule has 160 valence electrons. The van der Waals surface area contributed by atoms with Gasteiger partial charge in [0.05, 0.1) is 10.4 Å². The molecule has 0 fully saturated rings. The highest BCUT2D eigenvalue weighted by Crippen LogP contribution is 2.32. The Morgan fingerprint density at radius 2 is 1.87 bits per heavy atom. The lowest BCUT2D eigenvalue weighted by Crippen LogP contribution is -2.54. The molecular weight excluding hydrogens is 405 g/mol. The third-order valence-corrected chi connectivity index (χ3v) is 6.44. The predicted molar refractivity (Wildman–Crippen MR) is 114 cm³/mol. The zero-order valence-corrected chi connectivity index (χ0v) is 18.1. The standard InChI is InChI=1S/C22H26FN3O3S/c1-12(2)19(24-20(27)15-6-4-5-7-16(15)23)22(29)26-25-21(28)18-11-14-10-13(3)8-9-17(14)30-18/h4-7,11-13,19H,8-10H2,1-3H3,(H,24,27)(H,25,28)(H,26,29)/t13?,19-/m0/s1. The first-order valence-electron chi connectivity index (χ1n) is 10.0. The van der Waals surface area contributed by atoms with E-state index in [0.717, 1.165) is 19.3 Å². The molecule has 1 aromatic heterocycles. The van der Waals surface area contributed by atoms with Crippen LogP contribution in [-0.4, -0.2) is 23.8 Å². The van der Waals surface area contributed by atoms with Gasteiger partial charge in [0.1, 0.15) is 11.9 Å². The number of carbonyl (C=O) groups is 3. The molecule has 2 aromatic rings. The number of thiophene rings is 1. The van der Waals surface area contributed by atoms with Crippen molar-refractivity contribution < 1.29 is 18.8 Å². The topological polar surface area (TPSA) is 87.3 Å². The number of halogens is 1. The number of hydrogen-bond acceptors (Lipinski definition) is 4. The number of benzene rings is 1. The van der Waals surface area contributed by atoms with Crippen LogP contribution in [0.2, 0.25) is 0 Å². The number of hydrazine groups is 1. The van der Waals surface area contributed by atoms with Crippen LogP contribution in [0.1, 0.15) is 57.7 Å². The summed E-state index contributed by atoms with van der Waals surface area (Å²) in [7, 11) is 0. The molecule has 0 bridgehead atoms. The van der Waals surface area contributed by atoms with Crippen molar-refractivity contribution in [3.8, 4) is 0 Å². The lowest BCUT2D eigenvalue weighted by atomic mass is 9.90. The summed E-state index contributed by atoms with van der Waals surface area (Å²) in [6.07, 6.45) is 3.05. The first kappa shape index (κ1) is 22.0. The fraction of sp³-hybridized carbons (Fsp3) is 0.409. The number of carbonyl (C=O) groups excluding carboxylic acids is 3. The molecule has 3 rings (SSSR count). The molecule has 6 nitrogen and oxygen atoms in total. The van der Waals surface area contributed by atoms with Crippen molar-refractivity contribution in [2.75, 3.05) is 0 Å². The van der Waals surface area contributed by atoms with Crippen LogP contribution in [0, 0.1) is 17.7 Å².